The van der Waals surface area contributed by atoms with E-state index in [4.69, 9.17) is 5.73 Å². The van der Waals surface area contributed by atoms with Crippen LogP contribution in [0.1, 0.15) is 36.5 Å². The lowest BCUT2D eigenvalue weighted by Gasteiger charge is -2.15. The third-order valence-electron chi connectivity index (χ3n) is 2.99. The number of allylic oxidation sites excluding steroid dienone is 1. The van der Waals surface area contributed by atoms with E-state index in [1.165, 1.54) is 6.92 Å². The molecule has 0 aliphatic carbocycles. The molecule has 0 aliphatic heterocycles. The number of primary amides is 1. The molecule has 1 aromatic carbocycles. The van der Waals surface area contributed by atoms with Gasteiger partial charge in [-0.3, -0.25) is 14.4 Å². The highest BCUT2D eigenvalue weighted by Crippen LogP contribution is 2.11. The van der Waals surface area contributed by atoms with Crippen molar-refractivity contribution in [2.45, 2.75) is 32.2 Å². The molecule has 1 atom stereocenters. The van der Waals surface area contributed by atoms with Crippen molar-refractivity contribution in [2.75, 3.05) is 5.32 Å². The van der Waals surface area contributed by atoms with Gasteiger partial charge in [-0.05, 0) is 37.5 Å². The number of carbonyl (C=O) groups is 3. The van der Waals surface area contributed by atoms with E-state index in [9.17, 15) is 14.4 Å². The maximum atomic E-state index is 12.2. The highest BCUT2D eigenvalue weighted by molar-refractivity contribution is 5.99. The molecule has 0 radical (unpaired) electrons. The van der Waals surface area contributed by atoms with Crippen LogP contribution in [0.5, 0.6) is 0 Å². The molecule has 4 N–H and O–H groups in total. The number of unbranched alkanes of at least 4 members (excludes halogenated alkanes) is 1. The number of hydrogen-bond donors (Lipinski definition) is 3. The molecular formula is C16H21N3O3. The van der Waals surface area contributed by atoms with Gasteiger partial charge in [0.1, 0.15) is 6.04 Å². The second-order valence-electron chi connectivity index (χ2n) is 4.91. The fourth-order valence-corrected chi connectivity index (χ4v) is 1.93. The van der Waals surface area contributed by atoms with E-state index in [1.54, 1.807) is 30.3 Å². The first-order valence-electron chi connectivity index (χ1n) is 7.02. The van der Waals surface area contributed by atoms with Crippen molar-refractivity contribution in [3.8, 4) is 0 Å². The minimum atomic E-state index is -0.725. The van der Waals surface area contributed by atoms with Gasteiger partial charge in [-0.25, -0.2) is 0 Å². The lowest BCUT2D eigenvalue weighted by atomic mass is 10.1. The van der Waals surface area contributed by atoms with Gasteiger partial charge in [0, 0.05) is 18.2 Å². The molecule has 0 aliphatic rings. The molecule has 6 nitrogen and oxygen atoms in total. The molecule has 3 amide bonds. The molecule has 1 rings (SSSR count). The number of rotatable bonds is 8. The van der Waals surface area contributed by atoms with Crippen LogP contribution in [0.3, 0.4) is 0 Å². The first-order valence-corrected chi connectivity index (χ1v) is 7.02. The molecule has 0 aromatic heterocycles. The van der Waals surface area contributed by atoms with Crippen molar-refractivity contribution in [2.24, 2.45) is 5.73 Å². The molecule has 22 heavy (non-hydrogen) atoms. The standard InChI is InChI=1S/C16H21N3O3/c1-3-4-5-9-14(15(17)21)19-16(22)12-7-6-8-13(10-12)18-11(2)20/h3,6-8,10,14H,1,4-5,9H2,2H3,(H2,17,21)(H,18,20)(H,19,22)/t14-/m1/s1. The summed E-state index contributed by atoms with van der Waals surface area (Å²) in [5.41, 5.74) is 6.17. The summed E-state index contributed by atoms with van der Waals surface area (Å²) in [4.78, 5) is 34.6. The Bertz CT molecular complexity index is 570. The van der Waals surface area contributed by atoms with Crippen LogP contribution in [0.25, 0.3) is 0 Å². The fourth-order valence-electron chi connectivity index (χ4n) is 1.93. The van der Waals surface area contributed by atoms with Gasteiger partial charge in [0.05, 0.1) is 0 Å². The van der Waals surface area contributed by atoms with Gasteiger partial charge in [-0.2, -0.15) is 0 Å². The van der Waals surface area contributed by atoms with E-state index in [2.05, 4.69) is 17.2 Å². The Morgan fingerprint density at radius 2 is 2.09 bits per heavy atom. The molecule has 0 unspecified atom stereocenters. The first-order chi connectivity index (χ1) is 10.4. The Morgan fingerprint density at radius 1 is 1.36 bits per heavy atom. The smallest absolute Gasteiger partial charge is 0.252 e. The van der Waals surface area contributed by atoms with E-state index < -0.39 is 17.9 Å². The minimum absolute atomic E-state index is 0.225. The zero-order valence-corrected chi connectivity index (χ0v) is 12.6. The third-order valence-corrected chi connectivity index (χ3v) is 2.99. The number of carbonyl (C=O) groups excluding carboxylic acids is 3. The van der Waals surface area contributed by atoms with Crippen LogP contribution >= 0.6 is 0 Å². The van der Waals surface area contributed by atoms with Crippen molar-refractivity contribution in [1.29, 1.82) is 0 Å². The second kappa shape index (κ2) is 8.61. The third kappa shape index (κ3) is 5.78. The summed E-state index contributed by atoms with van der Waals surface area (Å²) >= 11 is 0. The molecule has 0 fully saturated rings. The van der Waals surface area contributed by atoms with E-state index in [0.29, 0.717) is 24.1 Å². The Kier molecular flexibility index (Phi) is 6.82. The van der Waals surface area contributed by atoms with E-state index in [1.807, 2.05) is 0 Å². The first kappa shape index (κ1) is 17.4. The Balaban J connectivity index is 2.74. The van der Waals surface area contributed by atoms with Gasteiger partial charge in [-0.1, -0.05) is 12.1 Å². The summed E-state index contributed by atoms with van der Waals surface area (Å²) in [5.74, 6) is -1.21. The zero-order chi connectivity index (χ0) is 16.5. The number of nitrogens with two attached hydrogens (primary N) is 1. The Hall–Kier alpha value is -2.63. The monoisotopic (exact) mass is 303 g/mol. The van der Waals surface area contributed by atoms with Crippen LogP contribution in [0.2, 0.25) is 0 Å². The predicted octanol–water partition coefficient (Wildman–Crippen LogP) is 1.58. The summed E-state index contributed by atoms with van der Waals surface area (Å²) in [6.45, 7) is 4.99. The van der Waals surface area contributed by atoms with Crippen molar-refractivity contribution in [3.05, 3.63) is 42.5 Å². The fraction of sp³-hybridized carbons (Fsp3) is 0.312. The number of benzene rings is 1. The number of hydrogen-bond acceptors (Lipinski definition) is 3. The lowest BCUT2D eigenvalue weighted by molar-refractivity contribution is -0.120. The molecule has 0 bridgehead atoms. The van der Waals surface area contributed by atoms with Crippen molar-refractivity contribution in [1.82, 2.24) is 5.32 Å². The topological polar surface area (TPSA) is 101 Å². The molecule has 118 valence electrons. The summed E-state index contributed by atoms with van der Waals surface area (Å²) in [5, 5.41) is 5.21. The van der Waals surface area contributed by atoms with Gasteiger partial charge in [0.25, 0.3) is 5.91 Å². The van der Waals surface area contributed by atoms with Gasteiger partial charge >= 0.3 is 0 Å². The Labute approximate surface area is 129 Å². The van der Waals surface area contributed by atoms with Crippen molar-refractivity contribution in [3.63, 3.8) is 0 Å². The van der Waals surface area contributed by atoms with Gasteiger partial charge in [0.15, 0.2) is 0 Å². The molecule has 0 saturated carbocycles. The quantitative estimate of drug-likeness (QED) is 0.502. The number of anilines is 1. The normalized spacial score (nSPS) is 11.3. The van der Waals surface area contributed by atoms with Crippen LogP contribution in [-0.2, 0) is 9.59 Å². The van der Waals surface area contributed by atoms with Gasteiger partial charge in [0.2, 0.25) is 11.8 Å². The van der Waals surface area contributed by atoms with E-state index in [0.717, 1.165) is 6.42 Å². The molecule has 1 aromatic rings. The molecule has 0 saturated heterocycles. The zero-order valence-electron chi connectivity index (χ0n) is 12.6. The Morgan fingerprint density at radius 3 is 2.68 bits per heavy atom. The molecule has 6 heteroatoms. The number of amides is 3. The maximum Gasteiger partial charge on any atom is 0.252 e. The van der Waals surface area contributed by atoms with Crippen molar-refractivity contribution >= 4 is 23.4 Å². The van der Waals surface area contributed by atoms with Crippen LogP contribution in [0, 0.1) is 0 Å². The average Bonchev–Trinajstić information content (AvgIpc) is 2.45. The highest BCUT2D eigenvalue weighted by atomic mass is 16.2. The summed E-state index contributed by atoms with van der Waals surface area (Å²) in [6, 6.07) is 5.74. The summed E-state index contributed by atoms with van der Waals surface area (Å²) in [7, 11) is 0. The van der Waals surface area contributed by atoms with Crippen LogP contribution < -0.4 is 16.4 Å². The SMILES string of the molecule is C=CCCC[C@@H](NC(=O)c1cccc(NC(C)=O)c1)C(N)=O. The summed E-state index contributed by atoms with van der Waals surface area (Å²) in [6.07, 6.45) is 3.66. The highest BCUT2D eigenvalue weighted by Gasteiger charge is 2.18. The van der Waals surface area contributed by atoms with Crippen LogP contribution in [-0.4, -0.2) is 23.8 Å². The van der Waals surface area contributed by atoms with Crippen LogP contribution in [0.4, 0.5) is 5.69 Å². The second-order valence-corrected chi connectivity index (χ2v) is 4.91. The lowest BCUT2D eigenvalue weighted by Crippen LogP contribution is -2.44. The van der Waals surface area contributed by atoms with Crippen molar-refractivity contribution < 1.29 is 14.4 Å². The largest absolute Gasteiger partial charge is 0.368 e. The maximum absolute atomic E-state index is 12.2. The molecule has 0 heterocycles. The molecular weight excluding hydrogens is 282 g/mol. The average molecular weight is 303 g/mol. The van der Waals surface area contributed by atoms with Gasteiger partial charge < -0.3 is 16.4 Å². The minimum Gasteiger partial charge on any atom is -0.368 e. The number of nitrogens with one attached hydrogen (secondary N) is 2. The predicted molar refractivity (Wildman–Crippen MR) is 85.2 cm³/mol. The van der Waals surface area contributed by atoms with Gasteiger partial charge in [-0.15, -0.1) is 6.58 Å². The van der Waals surface area contributed by atoms with Crippen LogP contribution in [0.15, 0.2) is 36.9 Å². The van der Waals surface area contributed by atoms with E-state index >= 15 is 0 Å². The molecule has 0 spiro atoms. The summed E-state index contributed by atoms with van der Waals surface area (Å²) < 4.78 is 0. The van der Waals surface area contributed by atoms with E-state index in [-0.39, 0.29) is 5.91 Å².